The normalized spacial score (nSPS) is 44.4. The molecular formula is C26H46N4O8Pb3. The fraction of sp³-hybridized carbons (Fsp3) is 1.00. The number of hydrogen-bond donors (Lipinski definition) is 0. The average Bonchev–Trinajstić information content (AvgIpc) is 2.95. The van der Waals surface area contributed by atoms with Crippen LogP contribution in [0.1, 0.15) is 62.3 Å². The topological polar surface area (TPSA) is 173 Å². The molecule has 6 fully saturated rings. The molecule has 230 valence electrons. The number of hydrogen-bond acceptors (Lipinski definition) is 8. The van der Waals surface area contributed by atoms with Gasteiger partial charge in [0.25, 0.3) is 0 Å². The summed E-state index contributed by atoms with van der Waals surface area (Å²) in [7, 11) is 0. The molecule has 0 amide bonds. The molecular weight excluding hydrogens is 1120 g/mol. The molecule has 6 aliphatic rings. The summed E-state index contributed by atoms with van der Waals surface area (Å²) in [4.78, 5) is 54.7. The van der Waals surface area contributed by atoms with Crippen LogP contribution in [0.15, 0.2) is 0 Å². The van der Waals surface area contributed by atoms with Crippen LogP contribution in [0.5, 0.6) is 0 Å². The van der Waals surface area contributed by atoms with Gasteiger partial charge in [0.1, 0.15) is 0 Å². The van der Waals surface area contributed by atoms with Crippen LogP contribution in [-0.4, -0.2) is 105 Å². The quantitative estimate of drug-likeness (QED) is 0.0961. The molecule has 0 aromatic heterocycles. The van der Waals surface area contributed by atoms with E-state index in [1.165, 1.54) is 0 Å². The van der Waals surface area contributed by atoms with Crippen LogP contribution in [0.25, 0.3) is 0 Å². The molecule has 12 nitrogen and oxygen atoms in total. The Morgan fingerprint density at radius 3 is 0.756 bits per heavy atom. The van der Waals surface area contributed by atoms with Gasteiger partial charge in [0.15, 0.2) is 0 Å². The van der Waals surface area contributed by atoms with E-state index >= 15 is 0 Å². The zero-order chi connectivity index (χ0) is 31.3. The van der Waals surface area contributed by atoms with E-state index in [0.717, 1.165) is 0 Å². The van der Waals surface area contributed by atoms with Gasteiger partial charge in [-0.2, -0.15) is 0 Å². The van der Waals surface area contributed by atoms with Crippen LogP contribution < -0.4 is 0 Å². The molecule has 0 spiro atoms. The molecule has 41 heavy (non-hydrogen) atoms. The van der Waals surface area contributed by atoms with Crippen molar-refractivity contribution >= 4 is 63.5 Å². The van der Waals surface area contributed by atoms with Gasteiger partial charge in [-0.05, 0) is 0 Å². The molecule has 6 aliphatic carbocycles. The van der Waals surface area contributed by atoms with Gasteiger partial charge in [-0.1, -0.05) is 0 Å². The number of nitrogens with zero attached hydrogens (tertiary/aromatic N) is 4. The van der Waals surface area contributed by atoms with Crippen LogP contribution in [0.4, 0.5) is 0 Å². The van der Waals surface area contributed by atoms with E-state index in [-0.39, 0.29) is 19.7 Å². The maximum atomic E-state index is 14.3. The van der Waals surface area contributed by atoms with Gasteiger partial charge in [-0.15, -0.1) is 0 Å². The van der Waals surface area contributed by atoms with E-state index in [1.807, 2.05) is 62.3 Å². The van der Waals surface area contributed by atoms with Crippen LogP contribution in [-0.2, 0) is 0 Å². The monoisotopic (exact) mass is 1170 g/mol. The summed E-state index contributed by atoms with van der Waals surface area (Å²) in [5.41, 5.74) is -7.45. The molecule has 0 unspecified atom stereocenters. The van der Waals surface area contributed by atoms with Crippen LogP contribution in [0.3, 0.4) is 0 Å². The molecule has 0 heterocycles. The Morgan fingerprint density at radius 1 is 0.439 bits per heavy atom. The van der Waals surface area contributed by atoms with Crippen molar-refractivity contribution in [1.29, 1.82) is 0 Å². The Morgan fingerprint density at radius 2 is 0.634 bits per heavy atom. The molecule has 0 aliphatic heterocycles. The molecule has 0 aromatic rings. The number of rotatable bonds is 16. The molecule has 0 aromatic carbocycles. The van der Waals surface area contributed by atoms with Gasteiger partial charge in [0.05, 0.1) is 0 Å². The second-order valence-electron chi connectivity index (χ2n) is 13.7. The minimum atomic E-state index is -4.37. The van der Waals surface area contributed by atoms with Gasteiger partial charge in [-0.3, -0.25) is 0 Å². The Kier molecular flexibility index (Phi) is 7.02. The van der Waals surface area contributed by atoms with Crippen molar-refractivity contribution in [3.05, 3.63) is 40.5 Å². The zero-order valence-electron chi connectivity index (χ0n) is 26.0. The standard InChI is InChI=1S/C8HN4O8.9C2H5.3Pb/c13-9(14)5-1-6(10(15)16)2(5)8(12(19)20)3(5)7(1,4(6)8)11(17)18;9*1-2;;;/h1H;9*1H2,2H3;;;. The molecule has 6 rings (SSSR count). The first-order valence-corrected chi connectivity index (χ1v) is 46.3. The van der Waals surface area contributed by atoms with Crippen molar-refractivity contribution in [2.45, 2.75) is 129 Å². The summed E-state index contributed by atoms with van der Waals surface area (Å²) in [6, 6.07) is 0. The summed E-state index contributed by atoms with van der Waals surface area (Å²) in [5.74, 6) is -1.30. The Labute approximate surface area is 256 Å². The molecule has 0 atom stereocenters. The van der Waals surface area contributed by atoms with E-state index in [2.05, 4.69) is 0 Å². The van der Waals surface area contributed by atoms with Gasteiger partial charge >= 0.3 is 259 Å². The van der Waals surface area contributed by atoms with Crippen molar-refractivity contribution in [2.24, 2.45) is 5.92 Å². The van der Waals surface area contributed by atoms with E-state index in [0.29, 0.717) is 35.8 Å². The van der Waals surface area contributed by atoms with E-state index in [4.69, 9.17) is 0 Å². The summed E-state index contributed by atoms with van der Waals surface area (Å²) >= 11 is -13.1. The van der Waals surface area contributed by atoms with E-state index in [1.54, 1.807) is 0 Å². The Balaban J connectivity index is 2.15. The first kappa shape index (κ1) is 32.8. The second-order valence-corrected chi connectivity index (χ2v) is 77.1. The van der Waals surface area contributed by atoms with Crippen molar-refractivity contribution in [1.82, 2.24) is 0 Å². The van der Waals surface area contributed by atoms with Crippen LogP contribution >= 0.6 is 0 Å². The van der Waals surface area contributed by atoms with Crippen molar-refractivity contribution < 1.29 is 19.7 Å². The number of nitro groups is 4. The third-order valence-electron chi connectivity index (χ3n) is 15.9. The van der Waals surface area contributed by atoms with Crippen LogP contribution in [0, 0.1) is 46.4 Å². The fourth-order valence-electron chi connectivity index (χ4n) is 15.8. The van der Waals surface area contributed by atoms with Gasteiger partial charge in [0.2, 0.25) is 0 Å². The first-order chi connectivity index (χ1) is 19.2. The molecule has 6 saturated carbocycles. The summed E-state index contributed by atoms with van der Waals surface area (Å²) in [5, 5.41) is 55.9. The van der Waals surface area contributed by atoms with Gasteiger partial charge < -0.3 is 0 Å². The molecule has 0 saturated heterocycles. The van der Waals surface area contributed by atoms with E-state index in [9.17, 15) is 40.5 Å². The third kappa shape index (κ3) is 1.89. The predicted octanol–water partition coefficient (Wildman–Crippen LogP) is 6.48. The molecule has 15 heteroatoms. The van der Waals surface area contributed by atoms with Gasteiger partial charge in [0, 0.05) is 0 Å². The first-order valence-electron chi connectivity index (χ1n) is 15.8. The van der Waals surface area contributed by atoms with Crippen LogP contribution in [0.2, 0.25) is 44.7 Å². The molecule has 0 N–H and O–H groups in total. The molecule has 0 radical (unpaired) electrons. The minimum absolute atomic E-state index is 0.241. The maximum absolute atomic E-state index is 14.3. The summed E-state index contributed by atoms with van der Waals surface area (Å²) in [6.07, 6.45) is 0. The van der Waals surface area contributed by atoms with Crippen molar-refractivity contribution in [3.63, 3.8) is 0 Å². The SMILES string of the molecule is C[CH2][Pb]([CH2]C)([CH2]C)[C]12C3([N+](=O)[O-])C4C1([N+](=O)[O-])[C]1([Pb]([CH2]C)([CH2]C)[CH2]C)C4([N+](=O)[O-])[C]3([Pb]([CH2]C)([CH2]C)[CH2]C)C21[N+](=O)[O-]. The Hall–Kier alpha value is 0.366. The summed E-state index contributed by atoms with van der Waals surface area (Å²) < 4.78 is 0.296. The molecule has 0 bridgehead atoms. The fourth-order valence-corrected chi connectivity index (χ4v) is 106. The average molecular weight is 1160 g/mol. The Bertz CT molecular complexity index is 1100. The third-order valence-corrected chi connectivity index (χ3v) is 94.9. The predicted molar refractivity (Wildman–Crippen MR) is 162 cm³/mol. The van der Waals surface area contributed by atoms with Gasteiger partial charge in [-0.25, -0.2) is 0 Å². The summed E-state index contributed by atoms with van der Waals surface area (Å²) in [6.45, 7) is 17.6. The van der Waals surface area contributed by atoms with Crippen molar-refractivity contribution in [2.75, 3.05) is 0 Å². The second kappa shape index (κ2) is 8.79. The van der Waals surface area contributed by atoms with E-state index < -0.39 is 101 Å². The van der Waals surface area contributed by atoms with Crippen molar-refractivity contribution in [3.8, 4) is 0 Å². The zero-order valence-corrected chi connectivity index (χ0v) is 37.7.